The Morgan fingerprint density at radius 1 is 0.362 bits per heavy atom. The van der Waals surface area contributed by atoms with Crippen LogP contribution in [0.25, 0.3) is 82.4 Å². The molecule has 0 unspecified atom stereocenters. The molecule has 1 aromatic heterocycles. The number of nitrogens with zero attached hydrogens (tertiary/aromatic N) is 2. The molecule has 0 N–H and O–H groups in total. The molecule has 8 aromatic carbocycles. The molecule has 9 aromatic rings. The highest BCUT2D eigenvalue weighted by atomic mass is 15.0. The maximum Gasteiger partial charge on any atom is 0.0998 e. The summed E-state index contributed by atoms with van der Waals surface area (Å²) >= 11 is 0. The quantitative estimate of drug-likeness (QED) is 0.186. The number of hydrogen-bond donors (Lipinski definition) is 0. The first-order valence-electron chi connectivity index (χ1n) is 15.9. The summed E-state index contributed by atoms with van der Waals surface area (Å²) in [6.07, 6.45) is 0. The number of fused-ring (bicyclic) bond motifs is 5. The second-order valence-corrected chi connectivity index (χ2v) is 11.9. The van der Waals surface area contributed by atoms with E-state index in [4.69, 9.17) is 0 Å². The van der Waals surface area contributed by atoms with Crippen molar-refractivity contribution in [1.29, 1.82) is 5.26 Å². The summed E-state index contributed by atoms with van der Waals surface area (Å²) in [5.41, 5.74) is 10.5. The van der Waals surface area contributed by atoms with Gasteiger partial charge >= 0.3 is 0 Å². The lowest BCUT2D eigenvalue weighted by Gasteiger charge is -2.21. The van der Waals surface area contributed by atoms with Gasteiger partial charge in [0.05, 0.1) is 28.4 Å². The van der Waals surface area contributed by atoms with Gasteiger partial charge in [0.1, 0.15) is 0 Å². The van der Waals surface area contributed by atoms with Gasteiger partial charge in [0.25, 0.3) is 0 Å². The van der Waals surface area contributed by atoms with Crippen LogP contribution in [0.2, 0.25) is 0 Å². The molecule has 0 spiro atoms. The summed E-state index contributed by atoms with van der Waals surface area (Å²) in [6, 6.07) is 62.5. The number of aromatic nitrogens is 1. The summed E-state index contributed by atoms with van der Waals surface area (Å²) < 4.78 is 2.35. The molecular formula is C45H28N2. The lowest BCUT2D eigenvalue weighted by atomic mass is 9.82. The van der Waals surface area contributed by atoms with Gasteiger partial charge in [-0.2, -0.15) is 5.26 Å². The minimum absolute atomic E-state index is 0.649. The van der Waals surface area contributed by atoms with Crippen molar-refractivity contribution in [3.8, 4) is 45.1 Å². The molecule has 0 aliphatic heterocycles. The first kappa shape index (κ1) is 26.9. The van der Waals surface area contributed by atoms with Gasteiger partial charge in [-0.25, -0.2) is 0 Å². The molecule has 218 valence electrons. The molecule has 0 fully saturated rings. The first-order valence-corrected chi connectivity index (χ1v) is 15.9. The maximum atomic E-state index is 10.7. The number of hydrogen-bond acceptors (Lipinski definition) is 1. The zero-order valence-corrected chi connectivity index (χ0v) is 25.6. The average Bonchev–Trinajstić information content (AvgIpc) is 3.48. The molecule has 0 radical (unpaired) electrons. The van der Waals surface area contributed by atoms with E-state index in [1.807, 2.05) is 12.1 Å². The van der Waals surface area contributed by atoms with Crippen LogP contribution in [0.15, 0.2) is 170 Å². The lowest BCUT2D eigenvalue weighted by Crippen LogP contribution is -2.00. The minimum atomic E-state index is 0.649. The Bertz CT molecular complexity index is 2580. The van der Waals surface area contributed by atoms with Crippen LogP contribution in [0.1, 0.15) is 5.56 Å². The smallest absolute Gasteiger partial charge is 0.0998 e. The molecule has 2 heteroatoms. The highest BCUT2D eigenvalue weighted by Gasteiger charge is 2.23. The van der Waals surface area contributed by atoms with Crippen LogP contribution in [-0.4, -0.2) is 4.57 Å². The van der Waals surface area contributed by atoms with Crippen molar-refractivity contribution in [2.45, 2.75) is 0 Å². The zero-order chi connectivity index (χ0) is 31.3. The summed E-state index contributed by atoms with van der Waals surface area (Å²) in [4.78, 5) is 0. The minimum Gasteiger partial charge on any atom is -0.309 e. The van der Waals surface area contributed by atoms with E-state index in [0.717, 1.165) is 49.7 Å². The van der Waals surface area contributed by atoms with E-state index in [1.54, 1.807) is 0 Å². The largest absolute Gasteiger partial charge is 0.309 e. The van der Waals surface area contributed by atoms with E-state index in [-0.39, 0.29) is 0 Å². The highest BCUT2D eigenvalue weighted by Crippen LogP contribution is 2.48. The van der Waals surface area contributed by atoms with Crippen LogP contribution in [0.5, 0.6) is 0 Å². The Labute approximate surface area is 273 Å². The Balaban J connectivity index is 1.42. The van der Waals surface area contributed by atoms with Crippen molar-refractivity contribution in [3.05, 3.63) is 175 Å². The fourth-order valence-electron chi connectivity index (χ4n) is 7.54. The number of benzene rings is 8. The average molecular weight is 597 g/mol. The van der Waals surface area contributed by atoms with E-state index in [0.29, 0.717) is 5.56 Å². The molecule has 0 saturated carbocycles. The molecule has 47 heavy (non-hydrogen) atoms. The van der Waals surface area contributed by atoms with Crippen molar-refractivity contribution >= 4 is 43.4 Å². The number of para-hydroxylation sites is 3. The van der Waals surface area contributed by atoms with Crippen molar-refractivity contribution in [2.24, 2.45) is 0 Å². The molecular weight excluding hydrogens is 569 g/mol. The predicted molar refractivity (Wildman–Crippen MR) is 197 cm³/mol. The van der Waals surface area contributed by atoms with Gasteiger partial charge in [-0.1, -0.05) is 146 Å². The van der Waals surface area contributed by atoms with Crippen molar-refractivity contribution in [2.75, 3.05) is 0 Å². The Morgan fingerprint density at radius 2 is 0.830 bits per heavy atom. The van der Waals surface area contributed by atoms with Crippen LogP contribution < -0.4 is 0 Å². The van der Waals surface area contributed by atoms with Crippen molar-refractivity contribution < 1.29 is 0 Å². The predicted octanol–water partition coefficient (Wildman–Crippen LogP) is 12.0. The highest BCUT2D eigenvalue weighted by molar-refractivity contribution is 6.22. The van der Waals surface area contributed by atoms with E-state index < -0.39 is 0 Å². The normalized spacial score (nSPS) is 11.4. The fourth-order valence-corrected chi connectivity index (χ4v) is 7.54. The topological polar surface area (TPSA) is 28.7 Å². The van der Waals surface area contributed by atoms with Gasteiger partial charge < -0.3 is 4.57 Å². The van der Waals surface area contributed by atoms with Gasteiger partial charge in [-0.15, -0.1) is 0 Å². The second-order valence-electron chi connectivity index (χ2n) is 11.9. The van der Waals surface area contributed by atoms with Gasteiger partial charge in [0.2, 0.25) is 0 Å². The van der Waals surface area contributed by atoms with Crippen LogP contribution in [0, 0.1) is 11.3 Å². The third kappa shape index (κ3) is 4.11. The van der Waals surface area contributed by atoms with Crippen LogP contribution >= 0.6 is 0 Å². The molecule has 0 bridgehead atoms. The Hall–Kier alpha value is -6.43. The standard InChI is InChI=1S/C45H28N2/c46-29-31-17-14-25-39(45-36-22-6-4-20-34(36)43(30-15-2-1-3-16-30)35-21-5-7-23-37(35)45)44(31)38-24-10-13-28-42(38)47-40-26-11-8-18-32(40)33-19-9-12-27-41(33)47/h1-28H. The monoisotopic (exact) mass is 596 g/mol. The summed E-state index contributed by atoms with van der Waals surface area (Å²) in [5, 5.41) is 17.8. The van der Waals surface area contributed by atoms with Crippen molar-refractivity contribution in [1.82, 2.24) is 4.57 Å². The van der Waals surface area contributed by atoms with E-state index in [1.165, 1.54) is 32.7 Å². The maximum absolute atomic E-state index is 10.7. The molecule has 0 aliphatic carbocycles. The third-order valence-electron chi connectivity index (χ3n) is 9.44. The summed E-state index contributed by atoms with van der Waals surface area (Å²) in [7, 11) is 0. The summed E-state index contributed by atoms with van der Waals surface area (Å²) in [5.74, 6) is 0. The van der Waals surface area contributed by atoms with E-state index >= 15 is 0 Å². The molecule has 0 saturated heterocycles. The molecule has 0 amide bonds. The van der Waals surface area contributed by atoms with Gasteiger partial charge in [-0.3, -0.25) is 0 Å². The van der Waals surface area contributed by atoms with Crippen LogP contribution in [-0.2, 0) is 0 Å². The van der Waals surface area contributed by atoms with E-state index in [2.05, 4.69) is 168 Å². The Kier molecular flexibility index (Phi) is 6.23. The van der Waals surface area contributed by atoms with Crippen LogP contribution in [0.4, 0.5) is 0 Å². The molecule has 0 aliphatic rings. The third-order valence-corrected chi connectivity index (χ3v) is 9.44. The summed E-state index contributed by atoms with van der Waals surface area (Å²) in [6.45, 7) is 0. The second kappa shape index (κ2) is 10.9. The van der Waals surface area contributed by atoms with Gasteiger partial charge in [0.15, 0.2) is 0 Å². The van der Waals surface area contributed by atoms with Gasteiger partial charge in [-0.05, 0) is 68.1 Å². The fraction of sp³-hybridized carbons (Fsp3) is 0. The number of nitriles is 1. The molecule has 0 atom stereocenters. The van der Waals surface area contributed by atoms with Gasteiger partial charge in [0, 0.05) is 21.9 Å². The SMILES string of the molecule is N#Cc1cccc(-c2c3ccccc3c(-c3ccccc3)c3ccccc23)c1-c1ccccc1-n1c2ccccc2c2ccccc21. The van der Waals surface area contributed by atoms with Crippen molar-refractivity contribution in [3.63, 3.8) is 0 Å². The van der Waals surface area contributed by atoms with E-state index in [9.17, 15) is 5.26 Å². The first-order chi connectivity index (χ1) is 23.3. The Morgan fingerprint density at radius 3 is 1.43 bits per heavy atom. The molecule has 2 nitrogen and oxygen atoms in total. The molecule has 9 rings (SSSR count). The number of rotatable bonds is 4. The molecule has 1 heterocycles. The lowest BCUT2D eigenvalue weighted by molar-refractivity contribution is 1.18. The van der Waals surface area contributed by atoms with Crippen LogP contribution in [0.3, 0.4) is 0 Å². The zero-order valence-electron chi connectivity index (χ0n) is 25.6.